The number of aromatic amines is 1. The van der Waals surface area contributed by atoms with E-state index in [0.717, 1.165) is 33.4 Å². The number of hydrogen-bond acceptors (Lipinski definition) is 7. The minimum absolute atomic E-state index is 0.00758. The summed E-state index contributed by atoms with van der Waals surface area (Å²) in [5, 5.41) is 17.2. The fraction of sp³-hybridized carbons (Fsp3) is 0.182. The van der Waals surface area contributed by atoms with Crippen LogP contribution in [-0.4, -0.2) is 47.4 Å². The molecule has 1 unspecified atom stereocenters. The molecule has 0 bridgehead atoms. The van der Waals surface area contributed by atoms with Gasteiger partial charge in [0.15, 0.2) is 0 Å². The van der Waals surface area contributed by atoms with E-state index in [9.17, 15) is 9.59 Å². The number of amides is 1. The van der Waals surface area contributed by atoms with Crippen molar-refractivity contribution in [3.05, 3.63) is 48.4 Å². The maximum absolute atomic E-state index is 11.5. The van der Waals surface area contributed by atoms with Gasteiger partial charge in [0, 0.05) is 41.4 Å². The van der Waals surface area contributed by atoms with Gasteiger partial charge in [-0.3, -0.25) is 14.3 Å². The number of anilines is 1. The number of carboxylic acids is 1. The third-order valence-corrected chi connectivity index (χ3v) is 5.48. The van der Waals surface area contributed by atoms with Crippen molar-refractivity contribution in [2.45, 2.75) is 19.9 Å². The van der Waals surface area contributed by atoms with E-state index in [1.54, 1.807) is 18.6 Å². The fourth-order valence-corrected chi connectivity index (χ4v) is 3.86. The molecule has 1 aliphatic heterocycles. The molecule has 11 nitrogen and oxygen atoms in total. The summed E-state index contributed by atoms with van der Waals surface area (Å²) in [5.41, 5.74) is 14.0. The van der Waals surface area contributed by atoms with Gasteiger partial charge in [0.1, 0.15) is 18.2 Å². The largest absolute Gasteiger partial charge is 0.480 e. The van der Waals surface area contributed by atoms with Gasteiger partial charge in [0.05, 0.1) is 28.5 Å². The SMILES string of the molecule is CC1CC(=O)NN=C1c1ccc2[nH]c(-c3cc(-c4cnn(CC(=O)O)c4)cnc3N)nc2c1. The Bertz CT molecular complexity index is 1430. The van der Waals surface area contributed by atoms with Crippen LogP contribution in [0.1, 0.15) is 18.9 Å². The number of nitrogens with zero attached hydrogens (tertiary/aromatic N) is 5. The zero-order valence-electron chi connectivity index (χ0n) is 17.6. The van der Waals surface area contributed by atoms with Crippen LogP contribution >= 0.6 is 0 Å². The molecule has 5 rings (SSSR count). The molecule has 4 heterocycles. The van der Waals surface area contributed by atoms with Gasteiger partial charge < -0.3 is 15.8 Å². The zero-order chi connectivity index (χ0) is 23.1. The second-order valence-electron chi connectivity index (χ2n) is 7.93. The van der Waals surface area contributed by atoms with Gasteiger partial charge in [-0.05, 0) is 18.2 Å². The molecule has 4 aromatic rings. The lowest BCUT2D eigenvalue weighted by molar-refractivity contribution is -0.137. The van der Waals surface area contributed by atoms with Gasteiger partial charge in [-0.25, -0.2) is 15.4 Å². The predicted octanol–water partition coefficient (Wildman–Crippen LogP) is 2.02. The van der Waals surface area contributed by atoms with Crippen LogP contribution < -0.4 is 11.2 Å². The summed E-state index contributed by atoms with van der Waals surface area (Å²) in [6, 6.07) is 7.61. The summed E-state index contributed by atoms with van der Waals surface area (Å²) < 4.78 is 1.34. The Morgan fingerprint density at radius 3 is 2.88 bits per heavy atom. The molecular weight excluding hydrogens is 424 g/mol. The lowest BCUT2D eigenvalue weighted by Gasteiger charge is -2.18. The number of benzene rings is 1. The van der Waals surface area contributed by atoms with E-state index in [1.807, 2.05) is 31.2 Å². The Balaban J connectivity index is 1.50. The smallest absolute Gasteiger partial charge is 0.325 e. The predicted molar refractivity (Wildman–Crippen MR) is 121 cm³/mol. The van der Waals surface area contributed by atoms with Gasteiger partial charge in [0.25, 0.3) is 0 Å². The molecule has 0 fully saturated rings. The van der Waals surface area contributed by atoms with Gasteiger partial charge in [-0.15, -0.1) is 0 Å². The zero-order valence-corrected chi connectivity index (χ0v) is 17.6. The van der Waals surface area contributed by atoms with Crippen LogP contribution in [0.25, 0.3) is 33.5 Å². The fourth-order valence-electron chi connectivity index (χ4n) is 3.86. The number of pyridine rings is 1. The number of H-pyrrole nitrogens is 1. The monoisotopic (exact) mass is 444 g/mol. The number of nitrogen functional groups attached to an aromatic ring is 1. The first-order valence-corrected chi connectivity index (χ1v) is 10.2. The van der Waals surface area contributed by atoms with Crippen LogP contribution in [0.2, 0.25) is 0 Å². The number of nitrogens with one attached hydrogen (secondary N) is 2. The second kappa shape index (κ2) is 7.86. The number of aromatic nitrogens is 5. The topological polar surface area (TPSA) is 164 Å². The van der Waals surface area contributed by atoms with Crippen LogP contribution in [0.4, 0.5) is 5.82 Å². The lowest BCUT2D eigenvalue weighted by atomic mass is 9.94. The molecule has 1 aromatic carbocycles. The van der Waals surface area contributed by atoms with E-state index < -0.39 is 5.97 Å². The van der Waals surface area contributed by atoms with Crippen LogP contribution in [0.3, 0.4) is 0 Å². The average Bonchev–Trinajstić information content (AvgIpc) is 3.40. The molecule has 1 amide bonds. The quantitative estimate of drug-likeness (QED) is 0.365. The summed E-state index contributed by atoms with van der Waals surface area (Å²) >= 11 is 0. The Labute approximate surface area is 187 Å². The van der Waals surface area contributed by atoms with Crippen molar-refractivity contribution in [2.75, 3.05) is 5.73 Å². The van der Waals surface area contributed by atoms with Crippen molar-refractivity contribution in [1.29, 1.82) is 0 Å². The van der Waals surface area contributed by atoms with Gasteiger partial charge in [0.2, 0.25) is 5.91 Å². The minimum Gasteiger partial charge on any atom is -0.480 e. The van der Waals surface area contributed by atoms with Crippen LogP contribution in [0, 0.1) is 5.92 Å². The first-order valence-electron chi connectivity index (χ1n) is 10.2. The highest BCUT2D eigenvalue weighted by Crippen LogP contribution is 2.30. The molecule has 1 atom stereocenters. The van der Waals surface area contributed by atoms with E-state index in [-0.39, 0.29) is 18.4 Å². The number of imidazole rings is 1. The Hall–Kier alpha value is -4.54. The van der Waals surface area contributed by atoms with Crippen LogP contribution in [0.15, 0.2) is 48.0 Å². The highest BCUT2D eigenvalue weighted by Gasteiger charge is 2.22. The van der Waals surface area contributed by atoms with Crippen LogP contribution in [-0.2, 0) is 16.1 Å². The highest BCUT2D eigenvalue weighted by molar-refractivity contribution is 6.07. The number of carboxylic acid groups (broad SMARTS) is 1. The molecule has 1 aliphatic rings. The minimum atomic E-state index is -0.974. The maximum Gasteiger partial charge on any atom is 0.325 e. The number of hydrazone groups is 1. The molecule has 5 N–H and O–H groups in total. The molecule has 33 heavy (non-hydrogen) atoms. The first-order chi connectivity index (χ1) is 15.9. The van der Waals surface area contributed by atoms with Crippen molar-refractivity contribution in [3.63, 3.8) is 0 Å². The summed E-state index contributed by atoms with van der Waals surface area (Å²) in [5.74, 6) is -0.194. The number of fused-ring (bicyclic) bond motifs is 1. The second-order valence-corrected chi connectivity index (χ2v) is 7.93. The lowest BCUT2D eigenvalue weighted by Crippen LogP contribution is -2.31. The third-order valence-electron chi connectivity index (χ3n) is 5.48. The molecule has 3 aromatic heterocycles. The Morgan fingerprint density at radius 2 is 2.09 bits per heavy atom. The molecule has 0 saturated carbocycles. The summed E-state index contributed by atoms with van der Waals surface area (Å²) in [4.78, 5) is 34.7. The highest BCUT2D eigenvalue weighted by atomic mass is 16.4. The van der Waals surface area contributed by atoms with Crippen molar-refractivity contribution >= 4 is 34.4 Å². The number of carbonyl (C=O) groups is 2. The summed E-state index contributed by atoms with van der Waals surface area (Å²) in [7, 11) is 0. The molecule has 11 heteroatoms. The summed E-state index contributed by atoms with van der Waals surface area (Å²) in [6.45, 7) is 1.74. The first kappa shape index (κ1) is 20.4. The molecule has 166 valence electrons. The number of hydrogen-bond donors (Lipinski definition) is 4. The number of nitrogens with two attached hydrogens (primary N) is 1. The van der Waals surface area contributed by atoms with Crippen molar-refractivity contribution in [1.82, 2.24) is 30.2 Å². The van der Waals surface area contributed by atoms with Crippen molar-refractivity contribution < 1.29 is 14.7 Å². The third kappa shape index (κ3) is 3.91. The maximum atomic E-state index is 11.5. The summed E-state index contributed by atoms with van der Waals surface area (Å²) in [6.07, 6.45) is 5.22. The Kier molecular flexibility index (Phi) is 4.85. The van der Waals surface area contributed by atoms with Crippen molar-refractivity contribution in [2.24, 2.45) is 11.0 Å². The van der Waals surface area contributed by atoms with Crippen LogP contribution in [0.5, 0.6) is 0 Å². The van der Waals surface area contributed by atoms with E-state index in [1.165, 1.54) is 4.68 Å². The van der Waals surface area contributed by atoms with E-state index in [4.69, 9.17) is 15.8 Å². The number of aliphatic carboxylic acids is 1. The molecular formula is C22H20N8O3. The van der Waals surface area contributed by atoms with E-state index in [2.05, 4.69) is 25.6 Å². The normalized spacial score (nSPS) is 16.0. The average molecular weight is 444 g/mol. The molecule has 0 saturated heterocycles. The molecule has 0 aliphatic carbocycles. The Morgan fingerprint density at radius 1 is 1.24 bits per heavy atom. The molecule has 0 radical (unpaired) electrons. The van der Waals surface area contributed by atoms with Gasteiger partial charge >= 0.3 is 5.97 Å². The van der Waals surface area contributed by atoms with Gasteiger partial charge in [-0.2, -0.15) is 10.2 Å². The number of rotatable bonds is 5. The van der Waals surface area contributed by atoms with E-state index in [0.29, 0.717) is 23.6 Å². The van der Waals surface area contributed by atoms with Crippen molar-refractivity contribution in [3.8, 4) is 22.5 Å². The standard InChI is InChI=1S/C22H20N8O3/c1-11-4-18(31)28-29-20(11)12-2-3-16-17(6-12)27-22(26-16)15-5-13(7-24-21(15)23)14-8-25-30(9-14)10-19(32)33/h2-3,5-9,11H,4,10H2,1H3,(H2,23,24)(H,26,27)(H,28,31)(H,32,33). The molecule has 0 spiro atoms. The van der Waals surface area contributed by atoms with Gasteiger partial charge in [-0.1, -0.05) is 13.0 Å². The van der Waals surface area contributed by atoms with E-state index >= 15 is 0 Å². The number of carbonyl (C=O) groups excluding carboxylic acids is 1.